The normalized spacial score (nSPS) is 17.6. The lowest BCUT2D eigenvalue weighted by atomic mass is 10.0. The molecule has 134 valence electrons. The van der Waals surface area contributed by atoms with Gasteiger partial charge in [-0.05, 0) is 38.2 Å². The highest BCUT2D eigenvalue weighted by molar-refractivity contribution is 7.99. The molecule has 6 nitrogen and oxygen atoms in total. The van der Waals surface area contributed by atoms with Crippen LogP contribution in [0.3, 0.4) is 0 Å². The molecule has 25 heavy (non-hydrogen) atoms. The molecular weight excluding hydrogens is 336 g/mol. The first-order valence-corrected chi connectivity index (χ1v) is 9.75. The first-order valence-electron chi connectivity index (χ1n) is 8.76. The summed E-state index contributed by atoms with van der Waals surface area (Å²) < 4.78 is 1.62. The van der Waals surface area contributed by atoms with E-state index < -0.39 is 0 Å². The zero-order chi connectivity index (χ0) is 17.6. The van der Waals surface area contributed by atoms with Gasteiger partial charge in [0.2, 0.25) is 5.91 Å². The Kier molecular flexibility index (Phi) is 5.96. The van der Waals surface area contributed by atoms with Crippen molar-refractivity contribution < 1.29 is 4.79 Å². The summed E-state index contributed by atoms with van der Waals surface area (Å²) in [5.74, 6) is 0.447. The van der Waals surface area contributed by atoms with Gasteiger partial charge < -0.3 is 4.90 Å². The van der Waals surface area contributed by atoms with E-state index in [1.54, 1.807) is 4.57 Å². The van der Waals surface area contributed by atoms with E-state index in [1.807, 2.05) is 35.2 Å². The molecule has 1 saturated heterocycles. The molecule has 1 amide bonds. The number of nitrogens with one attached hydrogen (secondary N) is 1. The van der Waals surface area contributed by atoms with E-state index in [0.29, 0.717) is 23.5 Å². The molecule has 0 unspecified atom stereocenters. The first-order chi connectivity index (χ1) is 12.1. The van der Waals surface area contributed by atoms with Crippen LogP contribution in [-0.4, -0.2) is 43.9 Å². The molecule has 2 heterocycles. The van der Waals surface area contributed by atoms with E-state index in [1.165, 1.54) is 23.7 Å². The summed E-state index contributed by atoms with van der Waals surface area (Å²) in [5, 5.41) is 7.16. The van der Waals surface area contributed by atoms with Crippen LogP contribution in [0.1, 0.15) is 31.7 Å². The van der Waals surface area contributed by atoms with Crippen LogP contribution < -0.4 is 5.69 Å². The molecule has 0 saturated carbocycles. The van der Waals surface area contributed by atoms with Crippen LogP contribution in [0.4, 0.5) is 0 Å². The molecule has 2 aromatic rings. The fourth-order valence-electron chi connectivity index (χ4n) is 3.17. The number of hydrogen-bond acceptors (Lipinski definition) is 4. The van der Waals surface area contributed by atoms with E-state index in [2.05, 4.69) is 17.1 Å². The molecule has 1 N–H and O–H groups in total. The number of hydrogen-bond donors (Lipinski definition) is 1. The highest BCUT2D eigenvalue weighted by Crippen LogP contribution is 2.20. The summed E-state index contributed by atoms with van der Waals surface area (Å²) in [4.78, 5) is 26.4. The maximum atomic E-state index is 12.5. The molecule has 0 bridgehead atoms. The standard InChI is InChI=1S/C18H24N4O2S/c1-14-7-5-6-11-21(14)16(23)13-25-18-20-19-17(24)22(18)12-10-15-8-3-2-4-9-15/h2-4,8-9,14H,5-7,10-13H2,1H3,(H,19,24)/t14-/m0/s1. The van der Waals surface area contributed by atoms with Crippen molar-refractivity contribution in [2.45, 2.75) is 50.4 Å². The molecule has 0 spiro atoms. The van der Waals surface area contributed by atoms with Crippen molar-refractivity contribution in [3.05, 3.63) is 46.4 Å². The maximum Gasteiger partial charge on any atom is 0.343 e. The van der Waals surface area contributed by atoms with Gasteiger partial charge >= 0.3 is 5.69 Å². The molecule has 7 heteroatoms. The summed E-state index contributed by atoms with van der Waals surface area (Å²) in [6.07, 6.45) is 4.09. The number of nitrogens with zero attached hydrogens (tertiary/aromatic N) is 3. The second kappa shape index (κ2) is 8.38. The third-order valence-corrected chi connectivity index (χ3v) is 5.60. The Hall–Kier alpha value is -2.02. The lowest BCUT2D eigenvalue weighted by Crippen LogP contribution is -2.43. The minimum absolute atomic E-state index is 0.127. The third kappa shape index (κ3) is 4.54. The number of aromatic amines is 1. The Labute approximate surface area is 151 Å². The number of thioether (sulfide) groups is 1. The van der Waals surface area contributed by atoms with Crippen molar-refractivity contribution in [1.29, 1.82) is 0 Å². The highest BCUT2D eigenvalue weighted by atomic mass is 32.2. The number of benzene rings is 1. The maximum absolute atomic E-state index is 12.5. The summed E-state index contributed by atoms with van der Waals surface area (Å²) in [6.45, 7) is 3.49. The molecule has 0 aliphatic carbocycles. The second-order valence-corrected chi connectivity index (χ2v) is 7.36. The fraction of sp³-hybridized carbons (Fsp3) is 0.500. The van der Waals surface area contributed by atoms with Crippen molar-refractivity contribution in [3.8, 4) is 0 Å². The molecule has 1 aromatic carbocycles. The summed E-state index contributed by atoms with van der Waals surface area (Å²) in [6, 6.07) is 10.3. The zero-order valence-corrected chi connectivity index (χ0v) is 15.3. The summed E-state index contributed by atoms with van der Waals surface area (Å²) in [5.41, 5.74) is 0.946. The fourth-order valence-corrected chi connectivity index (χ4v) is 4.03. The van der Waals surface area contributed by atoms with Gasteiger partial charge in [-0.15, -0.1) is 5.10 Å². The number of carbonyl (C=O) groups is 1. The number of rotatable bonds is 6. The predicted octanol–water partition coefficient (Wildman–Crippen LogP) is 2.31. The number of aryl methyl sites for hydroxylation is 1. The Morgan fingerprint density at radius 1 is 1.32 bits per heavy atom. The molecule has 1 fully saturated rings. The van der Waals surface area contributed by atoms with Crippen LogP contribution in [0.15, 0.2) is 40.3 Å². The van der Waals surface area contributed by atoms with Gasteiger partial charge in [0, 0.05) is 19.1 Å². The monoisotopic (exact) mass is 360 g/mol. The van der Waals surface area contributed by atoms with Crippen molar-refractivity contribution >= 4 is 17.7 Å². The van der Waals surface area contributed by atoms with Crippen LogP contribution in [0.25, 0.3) is 0 Å². The number of carbonyl (C=O) groups excluding carboxylic acids is 1. The van der Waals surface area contributed by atoms with Crippen molar-refractivity contribution in [1.82, 2.24) is 19.7 Å². The van der Waals surface area contributed by atoms with Crippen molar-refractivity contribution in [3.63, 3.8) is 0 Å². The van der Waals surface area contributed by atoms with Gasteiger partial charge in [-0.1, -0.05) is 42.1 Å². The first kappa shape index (κ1) is 17.8. The van der Waals surface area contributed by atoms with Gasteiger partial charge in [0.15, 0.2) is 5.16 Å². The van der Waals surface area contributed by atoms with E-state index in [0.717, 1.165) is 25.8 Å². The lowest BCUT2D eigenvalue weighted by molar-refractivity contribution is -0.131. The summed E-state index contributed by atoms with van der Waals surface area (Å²) in [7, 11) is 0. The average Bonchev–Trinajstić information content (AvgIpc) is 2.99. The molecular formula is C18H24N4O2S. The Balaban J connectivity index is 1.59. The Morgan fingerprint density at radius 3 is 2.88 bits per heavy atom. The summed E-state index contributed by atoms with van der Waals surface area (Å²) >= 11 is 1.34. The predicted molar refractivity (Wildman–Crippen MR) is 98.7 cm³/mol. The molecule has 3 rings (SSSR count). The van der Waals surface area contributed by atoms with Crippen LogP contribution >= 0.6 is 11.8 Å². The molecule has 1 aromatic heterocycles. The lowest BCUT2D eigenvalue weighted by Gasteiger charge is -2.33. The van der Waals surface area contributed by atoms with E-state index in [-0.39, 0.29) is 11.6 Å². The zero-order valence-electron chi connectivity index (χ0n) is 14.5. The van der Waals surface area contributed by atoms with Crippen LogP contribution in [0.5, 0.6) is 0 Å². The van der Waals surface area contributed by atoms with Gasteiger partial charge in [-0.3, -0.25) is 9.36 Å². The number of aromatic nitrogens is 3. The minimum atomic E-state index is -0.225. The minimum Gasteiger partial charge on any atom is -0.339 e. The third-order valence-electron chi connectivity index (χ3n) is 4.64. The van der Waals surface area contributed by atoms with E-state index in [4.69, 9.17) is 0 Å². The van der Waals surface area contributed by atoms with Crippen LogP contribution in [-0.2, 0) is 17.8 Å². The Bertz CT molecular complexity index is 756. The number of H-pyrrole nitrogens is 1. The topological polar surface area (TPSA) is 71.0 Å². The van der Waals surface area contributed by atoms with Gasteiger partial charge in [-0.25, -0.2) is 9.89 Å². The Morgan fingerprint density at radius 2 is 2.12 bits per heavy atom. The van der Waals surface area contributed by atoms with Gasteiger partial charge in [0.05, 0.1) is 5.75 Å². The van der Waals surface area contributed by atoms with Crippen molar-refractivity contribution in [2.24, 2.45) is 0 Å². The number of amides is 1. The van der Waals surface area contributed by atoms with Crippen LogP contribution in [0, 0.1) is 0 Å². The van der Waals surface area contributed by atoms with E-state index >= 15 is 0 Å². The number of piperidine rings is 1. The van der Waals surface area contributed by atoms with Crippen molar-refractivity contribution in [2.75, 3.05) is 12.3 Å². The van der Waals surface area contributed by atoms with E-state index in [9.17, 15) is 9.59 Å². The average molecular weight is 360 g/mol. The number of likely N-dealkylation sites (tertiary alicyclic amines) is 1. The largest absolute Gasteiger partial charge is 0.343 e. The quantitative estimate of drug-likeness (QED) is 0.803. The van der Waals surface area contributed by atoms with Gasteiger partial charge in [-0.2, -0.15) is 0 Å². The second-order valence-electron chi connectivity index (χ2n) is 6.42. The molecule has 1 aliphatic rings. The molecule has 1 atom stereocenters. The van der Waals surface area contributed by atoms with Crippen LogP contribution in [0.2, 0.25) is 0 Å². The van der Waals surface area contributed by atoms with Gasteiger partial charge in [0.25, 0.3) is 0 Å². The molecule has 0 radical (unpaired) electrons. The SMILES string of the molecule is C[C@H]1CCCCN1C(=O)CSc1n[nH]c(=O)n1CCc1ccccc1. The molecule has 1 aliphatic heterocycles. The highest BCUT2D eigenvalue weighted by Gasteiger charge is 2.23. The van der Waals surface area contributed by atoms with Gasteiger partial charge in [0.1, 0.15) is 0 Å². The smallest absolute Gasteiger partial charge is 0.339 e.